The van der Waals surface area contributed by atoms with E-state index in [4.69, 9.17) is 15.7 Å². The molecule has 4 nitrogen and oxygen atoms in total. The molecule has 0 fully saturated rings. The Morgan fingerprint density at radius 2 is 1.89 bits per heavy atom. The molecule has 4 heteroatoms. The second kappa shape index (κ2) is 7.13. The summed E-state index contributed by atoms with van der Waals surface area (Å²) in [5.74, 6) is 0.824. The lowest BCUT2D eigenvalue weighted by Gasteiger charge is -2.32. The zero-order valence-corrected chi connectivity index (χ0v) is 12.1. The third kappa shape index (κ3) is 4.23. The number of nitrogens with zero attached hydrogens (tertiary/aromatic N) is 2. The van der Waals surface area contributed by atoms with Gasteiger partial charge in [0.15, 0.2) is 0 Å². The van der Waals surface area contributed by atoms with Crippen LogP contribution in [0.25, 0.3) is 0 Å². The lowest BCUT2D eigenvalue weighted by Crippen LogP contribution is -2.39. The Morgan fingerprint density at radius 3 is 2.32 bits per heavy atom. The van der Waals surface area contributed by atoms with Gasteiger partial charge in [-0.25, -0.2) is 0 Å². The number of likely N-dealkylation sites (N-methyl/N-ethyl adjacent to an activating group) is 1. The molecule has 0 heterocycles. The minimum Gasteiger partial charge on any atom is -0.497 e. The molecule has 1 aromatic carbocycles. The van der Waals surface area contributed by atoms with Gasteiger partial charge in [0.2, 0.25) is 0 Å². The smallest absolute Gasteiger partial charge is 0.118 e. The Balaban J connectivity index is 2.90. The lowest BCUT2D eigenvalue weighted by atomic mass is 9.98. The van der Waals surface area contributed by atoms with Crippen molar-refractivity contribution in [1.82, 2.24) is 4.90 Å². The fourth-order valence-electron chi connectivity index (χ4n) is 2.35. The molecule has 104 valence electrons. The van der Waals surface area contributed by atoms with Crippen LogP contribution in [0.4, 0.5) is 0 Å². The van der Waals surface area contributed by atoms with Gasteiger partial charge in [0.05, 0.1) is 19.1 Å². The fourth-order valence-corrected chi connectivity index (χ4v) is 2.35. The molecule has 0 aromatic heterocycles. The standard InChI is InChI=1S/C15H23N3O/c1-11(9-16)10-18(3)15(12(2)17)13-5-7-14(19-4)8-6-13/h5-8,11-12,15H,10,17H2,1-4H3. The summed E-state index contributed by atoms with van der Waals surface area (Å²) >= 11 is 0. The monoisotopic (exact) mass is 261 g/mol. The molecular formula is C15H23N3O. The van der Waals surface area contributed by atoms with Gasteiger partial charge in [-0.1, -0.05) is 12.1 Å². The molecule has 0 aliphatic rings. The molecule has 0 saturated carbocycles. The predicted octanol–water partition coefficient (Wildman–Crippen LogP) is 2.17. The van der Waals surface area contributed by atoms with E-state index in [0.717, 1.165) is 11.3 Å². The number of methoxy groups -OCH3 is 1. The Morgan fingerprint density at radius 1 is 1.32 bits per heavy atom. The van der Waals surface area contributed by atoms with Crippen LogP contribution in [0.3, 0.4) is 0 Å². The average molecular weight is 261 g/mol. The van der Waals surface area contributed by atoms with Crippen LogP contribution >= 0.6 is 0 Å². The van der Waals surface area contributed by atoms with Gasteiger partial charge in [-0.05, 0) is 38.6 Å². The molecule has 0 aliphatic carbocycles. The van der Waals surface area contributed by atoms with E-state index >= 15 is 0 Å². The zero-order chi connectivity index (χ0) is 14.4. The molecule has 0 radical (unpaired) electrons. The molecule has 1 rings (SSSR count). The molecule has 3 atom stereocenters. The van der Waals surface area contributed by atoms with Crippen LogP contribution in [0.5, 0.6) is 5.75 Å². The Labute approximate surface area is 115 Å². The van der Waals surface area contributed by atoms with Gasteiger partial charge in [-0.15, -0.1) is 0 Å². The summed E-state index contributed by atoms with van der Waals surface area (Å²) in [5, 5.41) is 8.92. The van der Waals surface area contributed by atoms with Crippen molar-refractivity contribution in [2.24, 2.45) is 11.7 Å². The number of nitriles is 1. The number of rotatable bonds is 6. The van der Waals surface area contributed by atoms with E-state index in [9.17, 15) is 0 Å². The maximum Gasteiger partial charge on any atom is 0.118 e. The van der Waals surface area contributed by atoms with Crippen LogP contribution in [0.1, 0.15) is 25.5 Å². The first-order chi connectivity index (χ1) is 8.99. The van der Waals surface area contributed by atoms with Gasteiger partial charge in [0.1, 0.15) is 5.75 Å². The number of benzene rings is 1. The van der Waals surface area contributed by atoms with Crippen LogP contribution < -0.4 is 10.5 Å². The SMILES string of the molecule is COc1ccc(C(C(C)N)N(C)CC(C)C#N)cc1. The number of hydrogen-bond donors (Lipinski definition) is 1. The molecule has 2 N–H and O–H groups in total. The number of nitrogens with two attached hydrogens (primary N) is 1. The van der Waals surface area contributed by atoms with Crippen LogP contribution in [-0.2, 0) is 0 Å². The van der Waals surface area contributed by atoms with Gasteiger partial charge >= 0.3 is 0 Å². The third-order valence-electron chi connectivity index (χ3n) is 3.21. The predicted molar refractivity (Wildman–Crippen MR) is 76.8 cm³/mol. The van der Waals surface area contributed by atoms with E-state index in [2.05, 4.69) is 11.0 Å². The Kier molecular flexibility index (Phi) is 5.81. The maximum absolute atomic E-state index is 8.92. The van der Waals surface area contributed by atoms with E-state index in [-0.39, 0.29) is 18.0 Å². The van der Waals surface area contributed by atoms with Crippen molar-refractivity contribution in [3.8, 4) is 11.8 Å². The van der Waals surface area contributed by atoms with E-state index in [1.165, 1.54) is 0 Å². The number of hydrogen-bond acceptors (Lipinski definition) is 4. The van der Waals surface area contributed by atoms with Crippen molar-refractivity contribution >= 4 is 0 Å². The zero-order valence-electron chi connectivity index (χ0n) is 12.1. The number of ether oxygens (including phenoxy) is 1. The van der Waals surface area contributed by atoms with Crippen molar-refractivity contribution in [2.45, 2.75) is 25.9 Å². The molecular weight excluding hydrogens is 238 g/mol. The van der Waals surface area contributed by atoms with Gasteiger partial charge in [0.25, 0.3) is 0 Å². The molecule has 0 aliphatic heterocycles. The molecule has 19 heavy (non-hydrogen) atoms. The van der Waals surface area contributed by atoms with Gasteiger partial charge in [-0.3, -0.25) is 4.90 Å². The second-order valence-corrected chi connectivity index (χ2v) is 5.05. The van der Waals surface area contributed by atoms with Crippen molar-refractivity contribution in [2.75, 3.05) is 20.7 Å². The Bertz CT molecular complexity index is 422. The molecule has 1 aromatic rings. The minimum absolute atomic E-state index is 0.00972. The van der Waals surface area contributed by atoms with E-state index in [1.807, 2.05) is 45.2 Å². The van der Waals surface area contributed by atoms with E-state index < -0.39 is 0 Å². The second-order valence-electron chi connectivity index (χ2n) is 5.05. The lowest BCUT2D eigenvalue weighted by molar-refractivity contribution is 0.205. The first-order valence-corrected chi connectivity index (χ1v) is 6.49. The molecule has 0 spiro atoms. The summed E-state index contributed by atoms with van der Waals surface area (Å²) in [4.78, 5) is 2.14. The largest absolute Gasteiger partial charge is 0.497 e. The summed E-state index contributed by atoms with van der Waals surface area (Å²) in [7, 11) is 3.66. The Hall–Kier alpha value is -1.57. The quantitative estimate of drug-likeness (QED) is 0.852. The van der Waals surface area contributed by atoms with Crippen LogP contribution in [0.15, 0.2) is 24.3 Å². The minimum atomic E-state index is -0.00992. The molecule has 0 amide bonds. The topological polar surface area (TPSA) is 62.3 Å². The highest BCUT2D eigenvalue weighted by atomic mass is 16.5. The highest BCUT2D eigenvalue weighted by Gasteiger charge is 2.22. The van der Waals surface area contributed by atoms with Crippen molar-refractivity contribution in [1.29, 1.82) is 5.26 Å². The van der Waals surface area contributed by atoms with Crippen LogP contribution in [-0.4, -0.2) is 31.6 Å². The first-order valence-electron chi connectivity index (χ1n) is 6.49. The van der Waals surface area contributed by atoms with E-state index in [1.54, 1.807) is 7.11 Å². The summed E-state index contributed by atoms with van der Waals surface area (Å²) in [6.07, 6.45) is 0. The molecule has 0 saturated heterocycles. The fraction of sp³-hybridized carbons (Fsp3) is 0.533. The van der Waals surface area contributed by atoms with Crippen molar-refractivity contribution in [3.05, 3.63) is 29.8 Å². The third-order valence-corrected chi connectivity index (χ3v) is 3.21. The first kappa shape index (κ1) is 15.5. The van der Waals surface area contributed by atoms with Gasteiger partial charge in [0, 0.05) is 18.6 Å². The highest BCUT2D eigenvalue weighted by molar-refractivity contribution is 5.29. The molecule has 0 bridgehead atoms. The average Bonchev–Trinajstić information content (AvgIpc) is 2.39. The van der Waals surface area contributed by atoms with Crippen LogP contribution in [0, 0.1) is 17.2 Å². The van der Waals surface area contributed by atoms with Crippen molar-refractivity contribution in [3.63, 3.8) is 0 Å². The van der Waals surface area contributed by atoms with Gasteiger partial charge in [-0.2, -0.15) is 5.26 Å². The normalized spacial score (nSPS) is 15.6. The molecule has 3 unspecified atom stereocenters. The highest BCUT2D eigenvalue weighted by Crippen LogP contribution is 2.25. The van der Waals surface area contributed by atoms with Gasteiger partial charge < -0.3 is 10.5 Å². The maximum atomic E-state index is 8.92. The van der Waals surface area contributed by atoms with Crippen molar-refractivity contribution < 1.29 is 4.74 Å². The summed E-state index contributed by atoms with van der Waals surface area (Å²) in [5.41, 5.74) is 7.24. The van der Waals surface area contributed by atoms with Crippen LogP contribution in [0.2, 0.25) is 0 Å². The summed E-state index contributed by atoms with van der Waals surface area (Å²) in [6, 6.07) is 10.3. The van der Waals surface area contributed by atoms with E-state index in [0.29, 0.717) is 6.54 Å². The summed E-state index contributed by atoms with van der Waals surface area (Å²) in [6.45, 7) is 4.61. The summed E-state index contributed by atoms with van der Waals surface area (Å²) < 4.78 is 5.16.